The zero-order valence-corrected chi connectivity index (χ0v) is 17.5. The highest BCUT2D eigenvalue weighted by molar-refractivity contribution is 5.47. The lowest BCUT2D eigenvalue weighted by Gasteiger charge is -2.30. The summed E-state index contributed by atoms with van der Waals surface area (Å²) in [6.45, 7) is 12.4. The van der Waals surface area contributed by atoms with Gasteiger partial charge in [0.2, 0.25) is 0 Å². The zero-order valence-electron chi connectivity index (χ0n) is 17.5. The average Bonchev–Trinajstić information content (AvgIpc) is 2.94. The number of benzene rings is 1. The lowest BCUT2D eigenvalue weighted by molar-refractivity contribution is -0.0250. The van der Waals surface area contributed by atoms with Gasteiger partial charge in [0, 0.05) is 24.2 Å². The van der Waals surface area contributed by atoms with E-state index in [0.29, 0.717) is 6.61 Å². The number of allylic oxidation sites excluding steroid dienone is 1. The van der Waals surface area contributed by atoms with Crippen molar-refractivity contribution < 1.29 is 14.2 Å². The molecule has 0 amide bonds. The Morgan fingerprint density at radius 2 is 2.00 bits per heavy atom. The van der Waals surface area contributed by atoms with Crippen molar-refractivity contribution in [3.63, 3.8) is 0 Å². The summed E-state index contributed by atoms with van der Waals surface area (Å²) < 4.78 is 17.4. The molecule has 0 atom stereocenters. The largest absolute Gasteiger partial charge is 0.492 e. The van der Waals surface area contributed by atoms with Crippen LogP contribution in [-0.2, 0) is 10.2 Å². The highest BCUT2D eigenvalue weighted by Crippen LogP contribution is 2.40. The first kappa shape index (κ1) is 20.8. The summed E-state index contributed by atoms with van der Waals surface area (Å²) in [7, 11) is 1.84. The molecule has 0 saturated carbocycles. The monoisotopic (exact) mass is 360 g/mol. The molecule has 0 saturated heterocycles. The van der Waals surface area contributed by atoms with E-state index in [1.165, 1.54) is 11.1 Å². The minimum atomic E-state index is 0.0506. The Hall–Kier alpha value is -1.48. The number of methoxy groups -OCH3 is 1. The molecule has 0 radical (unpaired) electrons. The molecule has 1 aromatic rings. The molecule has 26 heavy (non-hydrogen) atoms. The van der Waals surface area contributed by atoms with Crippen LogP contribution in [0.4, 0.5) is 0 Å². The van der Waals surface area contributed by atoms with Crippen LogP contribution in [0.2, 0.25) is 0 Å². The second-order valence-corrected chi connectivity index (χ2v) is 8.14. The fourth-order valence-corrected chi connectivity index (χ4v) is 3.67. The van der Waals surface area contributed by atoms with Crippen molar-refractivity contribution in [2.45, 2.75) is 77.7 Å². The zero-order chi connectivity index (χ0) is 19.2. The van der Waals surface area contributed by atoms with Crippen LogP contribution in [0.1, 0.15) is 72.3 Å². The van der Waals surface area contributed by atoms with Gasteiger partial charge in [-0.05, 0) is 51.2 Å². The van der Waals surface area contributed by atoms with Crippen molar-refractivity contribution in [1.29, 1.82) is 0 Å². The number of fused-ring (bicyclic) bond motifs is 1. The molecule has 2 rings (SSSR count). The molecule has 0 aliphatic carbocycles. The summed E-state index contributed by atoms with van der Waals surface area (Å²) in [5.74, 6) is 1.84. The number of hydrogen-bond donors (Lipinski definition) is 0. The predicted molar refractivity (Wildman–Crippen MR) is 108 cm³/mol. The molecule has 0 bridgehead atoms. The molecule has 3 nitrogen and oxygen atoms in total. The summed E-state index contributed by atoms with van der Waals surface area (Å²) >= 11 is 0. The van der Waals surface area contributed by atoms with Gasteiger partial charge in [0.15, 0.2) is 0 Å². The number of rotatable bonds is 10. The van der Waals surface area contributed by atoms with Gasteiger partial charge in [0.1, 0.15) is 18.1 Å². The second kappa shape index (κ2) is 8.94. The van der Waals surface area contributed by atoms with Gasteiger partial charge < -0.3 is 14.2 Å². The van der Waals surface area contributed by atoms with Crippen molar-refractivity contribution in [3.05, 3.63) is 35.4 Å². The third kappa shape index (κ3) is 5.03. The van der Waals surface area contributed by atoms with Crippen LogP contribution in [0.3, 0.4) is 0 Å². The maximum atomic E-state index is 5.90. The van der Waals surface area contributed by atoms with Crippen LogP contribution in [0, 0.1) is 0 Å². The highest BCUT2D eigenvalue weighted by Gasteiger charge is 2.31. The van der Waals surface area contributed by atoms with Gasteiger partial charge in [0.25, 0.3) is 0 Å². The van der Waals surface area contributed by atoms with E-state index in [1.807, 2.05) is 19.2 Å². The molecule has 1 aromatic carbocycles. The Morgan fingerprint density at radius 1 is 1.27 bits per heavy atom. The summed E-state index contributed by atoms with van der Waals surface area (Å²) in [6.07, 6.45) is 7.69. The van der Waals surface area contributed by atoms with Gasteiger partial charge in [-0.1, -0.05) is 39.3 Å². The summed E-state index contributed by atoms with van der Waals surface area (Å²) in [5.41, 5.74) is 2.79. The second-order valence-electron chi connectivity index (χ2n) is 8.14. The van der Waals surface area contributed by atoms with Gasteiger partial charge in [-0.3, -0.25) is 0 Å². The quantitative estimate of drug-likeness (QED) is 0.475. The van der Waals surface area contributed by atoms with Crippen molar-refractivity contribution in [3.8, 4) is 11.5 Å². The van der Waals surface area contributed by atoms with Crippen LogP contribution in [0.25, 0.3) is 0 Å². The third-order valence-corrected chi connectivity index (χ3v) is 5.88. The van der Waals surface area contributed by atoms with E-state index in [1.54, 1.807) is 0 Å². The molecule has 0 spiro atoms. The molecule has 3 heteroatoms. The fraction of sp³-hybridized carbons (Fsp3) is 0.652. The molecular weight excluding hydrogens is 324 g/mol. The third-order valence-electron chi connectivity index (χ3n) is 5.88. The van der Waals surface area contributed by atoms with Gasteiger partial charge in [-0.25, -0.2) is 0 Å². The van der Waals surface area contributed by atoms with E-state index in [2.05, 4.69) is 46.8 Å². The molecule has 1 heterocycles. The molecular formula is C23H36O3. The maximum Gasteiger partial charge on any atom is 0.126 e. The SMILES string of the molecule is CCC(CC)(CCC/C(C)=C/COc1ccc2c(c1)OCC2(C)C)OC. The maximum absolute atomic E-state index is 5.90. The van der Waals surface area contributed by atoms with Crippen LogP contribution in [-0.4, -0.2) is 25.9 Å². The topological polar surface area (TPSA) is 27.7 Å². The van der Waals surface area contributed by atoms with Gasteiger partial charge in [-0.15, -0.1) is 0 Å². The molecule has 146 valence electrons. The Kier molecular flexibility index (Phi) is 7.16. The van der Waals surface area contributed by atoms with Crippen LogP contribution in [0.5, 0.6) is 11.5 Å². The van der Waals surface area contributed by atoms with Crippen LogP contribution >= 0.6 is 0 Å². The first-order valence-corrected chi connectivity index (χ1v) is 9.96. The first-order valence-electron chi connectivity index (χ1n) is 9.96. The standard InChI is InChI=1S/C23H36O3/c1-7-23(8-2,24-6)14-9-10-18(3)13-15-25-19-11-12-20-21(16-19)26-17-22(20,4)5/h11-13,16H,7-10,14-15,17H2,1-6H3/b18-13+. The van der Waals surface area contributed by atoms with Crippen molar-refractivity contribution >= 4 is 0 Å². The predicted octanol–water partition coefficient (Wildman–Crippen LogP) is 6.06. The van der Waals surface area contributed by atoms with Crippen LogP contribution < -0.4 is 9.47 Å². The molecule has 1 aliphatic rings. The fourth-order valence-electron chi connectivity index (χ4n) is 3.67. The molecule has 0 fully saturated rings. The molecule has 1 aliphatic heterocycles. The molecule has 0 aromatic heterocycles. The highest BCUT2D eigenvalue weighted by atomic mass is 16.5. The minimum absolute atomic E-state index is 0.0506. The van der Waals surface area contributed by atoms with Crippen molar-refractivity contribution in [2.24, 2.45) is 0 Å². The molecule has 0 N–H and O–H groups in total. The smallest absolute Gasteiger partial charge is 0.126 e. The Balaban J connectivity index is 1.80. The Bertz CT molecular complexity index is 604. The van der Waals surface area contributed by atoms with E-state index < -0.39 is 0 Å². The van der Waals surface area contributed by atoms with E-state index in [0.717, 1.165) is 50.2 Å². The van der Waals surface area contributed by atoms with E-state index in [4.69, 9.17) is 14.2 Å². The van der Waals surface area contributed by atoms with Crippen LogP contribution in [0.15, 0.2) is 29.8 Å². The lowest BCUT2D eigenvalue weighted by atomic mass is 9.87. The lowest BCUT2D eigenvalue weighted by Crippen LogP contribution is -2.29. The van der Waals surface area contributed by atoms with E-state index in [9.17, 15) is 0 Å². The Morgan fingerprint density at radius 3 is 2.65 bits per heavy atom. The number of hydrogen-bond acceptors (Lipinski definition) is 3. The van der Waals surface area contributed by atoms with Crippen molar-refractivity contribution in [1.82, 2.24) is 0 Å². The normalized spacial score (nSPS) is 16.3. The van der Waals surface area contributed by atoms with E-state index in [-0.39, 0.29) is 11.0 Å². The Labute approximate surface area is 159 Å². The summed E-state index contributed by atoms with van der Waals surface area (Å²) in [6, 6.07) is 6.20. The first-order chi connectivity index (χ1) is 12.4. The van der Waals surface area contributed by atoms with Gasteiger partial charge in [0.05, 0.1) is 12.2 Å². The van der Waals surface area contributed by atoms with Gasteiger partial charge >= 0.3 is 0 Å². The molecule has 0 unspecified atom stereocenters. The van der Waals surface area contributed by atoms with Crippen molar-refractivity contribution in [2.75, 3.05) is 20.3 Å². The summed E-state index contributed by atoms with van der Waals surface area (Å²) in [4.78, 5) is 0. The minimum Gasteiger partial charge on any atom is -0.492 e. The van der Waals surface area contributed by atoms with Gasteiger partial charge in [-0.2, -0.15) is 0 Å². The number of ether oxygens (including phenoxy) is 3. The van der Waals surface area contributed by atoms with E-state index >= 15 is 0 Å². The summed E-state index contributed by atoms with van der Waals surface area (Å²) in [5, 5.41) is 0. The average molecular weight is 361 g/mol.